The minimum absolute atomic E-state index is 0.145. The molecule has 0 spiro atoms. The Bertz CT molecular complexity index is 478. The second kappa shape index (κ2) is 4.35. The number of urea groups is 1. The average Bonchev–Trinajstić information content (AvgIpc) is 2.52. The number of nitrogens with two attached hydrogens (primary N) is 1. The molecule has 0 aliphatic carbocycles. The maximum Gasteiger partial charge on any atom is 0.418 e. The average molecular weight is 280 g/mol. The highest BCUT2D eigenvalue weighted by Crippen LogP contribution is 2.30. The van der Waals surface area contributed by atoms with Crippen molar-refractivity contribution >= 4 is 22.3 Å². The molecule has 102 valence electrons. The van der Waals surface area contributed by atoms with E-state index in [1.54, 1.807) is 0 Å². The quantitative estimate of drug-likeness (QED) is 0.234. The third kappa shape index (κ3) is 2.25. The van der Waals surface area contributed by atoms with Crippen molar-refractivity contribution in [3.05, 3.63) is 0 Å². The lowest BCUT2D eigenvalue weighted by molar-refractivity contribution is -0.126. The molecule has 3 amide bonds. The number of hydrazine groups is 1. The first-order valence-corrected chi connectivity index (χ1v) is 6.47. The molecule has 0 aromatic heterocycles. The summed E-state index contributed by atoms with van der Waals surface area (Å²) < 4.78 is 34.0. The largest absolute Gasteiger partial charge is 0.418 e. The van der Waals surface area contributed by atoms with Crippen molar-refractivity contribution in [1.82, 2.24) is 15.4 Å². The van der Waals surface area contributed by atoms with Crippen LogP contribution in [0.4, 0.5) is 4.79 Å². The van der Waals surface area contributed by atoms with Gasteiger partial charge < -0.3 is 4.90 Å². The molecule has 2 saturated heterocycles. The Hall–Kier alpha value is -1.43. The first-order chi connectivity index (χ1) is 8.33. The molecule has 11 heteroatoms. The summed E-state index contributed by atoms with van der Waals surface area (Å²) in [5.41, 5.74) is 1.94. The lowest BCUT2D eigenvalue weighted by Gasteiger charge is -2.28. The summed E-state index contributed by atoms with van der Waals surface area (Å²) in [6, 6.07) is -2.06. The second-order valence-corrected chi connectivity index (χ2v) is 5.02. The maximum atomic E-state index is 11.8. The molecule has 2 atom stereocenters. The van der Waals surface area contributed by atoms with E-state index < -0.39 is 34.4 Å². The topological polar surface area (TPSA) is 142 Å². The van der Waals surface area contributed by atoms with Crippen LogP contribution in [0.3, 0.4) is 0 Å². The van der Waals surface area contributed by atoms with Gasteiger partial charge in [0.1, 0.15) is 6.04 Å². The predicted molar refractivity (Wildman–Crippen MR) is 55.7 cm³/mol. The lowest BCUT2D eigenvalue weighted by Crippen LogP contribution is -2.51. The second-order valence-electron chi connectivity index (χ2n) is 4.02. The van der Waals surface area contributed by atoms with Crippen LogP contribution in [-0.2, 0) is 19.5 Å². The van der Waals surface area contributed by atoms with E-state index in [-0.39, 0.29) is 6.54 Å². The molecule has 18 heavy (non-hydrogen) atoms. The Kier molecular flexibility index (Phi) is 3.14. The number of hydroxylamine groups is 2. The molecular weight excluding hydrogens is 268 g/mol. The number of carbonyl (C=O) groups excluding carboxylic acids is 2. The fourth-order valence-electron chi connectivity index (χ4n) is 2.20. The number of fused-ring (bicyclic) bond motifs is 2. The Morgan fingerprint density at radius 3 is 2.72 bits per heavy atom. The highest BCUT2D eigenvalue weighted by molar-refractivity contribution is 7.80. The van der Waals surface area contributed by atoms with Gasteiger partial charge in [-0.3, -0.25) is 14.8 Å². The Balaban J connectivity index is 2.17. The van der Waals surface area contributed by atoms with Gasteiger partial charge in [0, 0.05) is 6.54 Å². The fourth-order valence-corrected chi connectivity index (χ4v) is 2.59. The van der Waals surface area contributed by atoms with Crippen molar-refractivity contribution in [2.75, 3.05) is 6.54 Å². The highest BCUT2D eigenvalue weighted by Gasteiger charge is 2.49. The smallest absolute Gasteiger partial charge is 0.309 e. The summed E-state index contributed by atoms with van der Waals surface area (Å²) >= 11 is 0. The van der Waals surface area contributed by atoms with Crippen LogP contribution in [0.1, 0.15) is 12.8 Å². The number of carbonyl (C=O) groups is 2. The minimum Gasteiger partial charge on any atom is -0.309 e. The first-order valence-electron chi connectivity index (χ1n) is 5.11. The van der Waals surface area contributed by atoms with E-state index >= 15 is 0 Å². The van der Waals surface area contributed by atoms with Gasteiger partial charge in [-0.05, 0) is 12.8 Å². The van der Waals surface area contributed by atoms with Crippen LogP contribution < -0.4 is 11.3 Å². The molecule has 0 aromatic rings. The third-order valence-electron chi connectivity index (χ3n) is 2.94. The summed E-state index contributed by atoms with van der Waals surface area (Å²) in [6.07, 6.45) is 0.709. The van der Waals surface area contributed by atoms with Crippen molar-refractivity contribution in [2.24, 2.45) is 5.84 Å². The SMILES string of the molecule is NNC(=O)[C@@H]1CC[C@H]2CN1C(=O)N2OS(=O)(=O)O. The zero-order valence-electron chi connectivity index (χ0n) is 9.14. The summed E-state index contributed by atoms with van der Waals surface area (Å²) in [7, 11) is -4.77. The Morgan fingerprint density at radius 1 is 1.50 bits per heavy atom. The fraction of sp³-hybridized carbons (Fsp3) is 0.714. The summed E-state index contributed by atoms with van der Waals surface area (Å²) in [5, 5.41) is 0.569. The van der Waals surface area contributed by atoms with E-state index in [4.69, 9.17) is 10.4 Å². The third-order valence-corrected chi connectivity index (χ3v) is 3.29. The van der Waals surface area contributed by atoms with Crippen LogP contribution in [-0.4, -0.2) is 53.5 Å². The molecule has 2 aliphatic rings. The van der Waals surface area contributed by atoms with Gasteiger partial charge in [0.25, 0.3) is 5.91 Å². The predicted octanol–water partition coefficient (Wildman–Crippen LogP) is -2.02. The van der Waals surface area contributed by atoms with Gasteiger partial charge in [-0.1, -0.05) is 0 Å². The summed E-state index contributed by atoms with van der Waals surface area (Å²) in [6.45, 7) is 0.145. The molecule has 0 saturated carbocycles. The highest BCUT2D eigenvalue weighted by atomic mass is 32.3. The molecule has 4 N–H and O–H groups in total. The van der Waals surface area contributed by atoms with E-state index in [1.807, 2.05) is 5.43 Å². The van der Waals surface area contributed by atoms with Crippen LogP contribution in [0.2, 0.25) is 0 Å². The van der Waals surface area contributed by atoms with Crippen LogP contribution in [0.5, 0.6) is 0 Å². The molecule has 0 unspecified atom stereocenters. The van der Waals surface area contributed by atoms with Crippen molar-refractivity contribution < 1.29 is 26.8 Å². The van der Waals surface area contributed by atoms with Crippen molar-refractivity contribution in [1.29, 1.82) is 0 Å². The van der Waals surface area contributed by atoms with E-state index in [0.717, 1.165) is 4.90 Å². The zero-order chi connectivity index (χ0) is 13.5. The summed E-state index contributed by atoms with van der Waals surface area (Å²) in [5.74, 6) is 4.47. The van der Waals surface area contributed by atoms with E-state index in [1.165, 1.54) is 0 Å². The van der Waals surface area contributed by atoms with Gasteiger partial charge in [-0.15, -0.1) is 4.28 Å². The number of piperidine rings is 1. The maximum absolute atomic E-state index is 11.8. The van der Waals surface area contributed by atoms with Gasteiger partial charge in [0.2, 0.25) is 0 Å². The monoisotopic (exact) mass is 280 g/mol. The molecular formula is C7H12N4O6S. The Labute approximate surface area is 103 Å². The molecule has 0 radical (unpaired) electrons. The van der Waals surface area contributed by atoms with E-state index in [0.29, 0.717) is 17.9 Å². The summed E-state index contributed by atoms with van der Waals surface area (Å²) in [4.78, 5) is 24.4. The molecule has 2 rings (SSSR count). The zero-order valence-corrected chi connectivity index (χ0v) is 9.96. The molecule has 0 aromatic carbocycles. The van der Waals surface area contributed by atoms with Crippen LogP contribution in [0.15, 0.2) is 0 Å². The van der Waals surface area contributed by atoms with Gasteiger partial charge in [-0.25, -0.2) is 10.6 Å². The standard InChI is InChI=1S/C7H12N4O6S/c8-9-6(12)5-2-1-4-3-10(5)7(13)11(4)17-18(14,15)16/h4-5H,1-3,8H2,(H,9,12)(H,14,15,16)/t4-,5-/m0/s1. The van der Waals surface area contributed by atoms with Gasteiger partial charge >= 0.3 is 16.4 Å². The molecule has 2 fully saturated rings. The van der Waals surface area contributed by atoms with Crippen LogP contribution >= 0.6 is 0 Å². The van der Waals surface area contributed by atoms with Crippen molar-refractivity contribution in [3.63, 3.8) is 0 Å². The number of amides is 3. The molecule has 2 heterocycles. The van der Waals surface area contributed by atoms with Crippen molar-refractivity contribution in [3.8, 4) is 0 Å². The van der Waals surface area contributed by atoms with Crippen molar-refractivity contribution in [2.45, 2.75) is 24.9 Å². The number of rotatable bonds is 3. The number of nitrogens with one attached hydrogen (secondary N) is 1. The lowest BCUT2D eigenvalue weighted by atomic mass is 10.0. The number of hydrogen-bond acceptors (Lipinski definition) is 6. The van der Waals surface area contributed by atoms with Crippen LogP contribution in [0, 0.1) is 0 Å². The van der Waals surface area contributed by atoms with Gasteiger partial charge in [0.15, 0.2) is 0 Å². The first kappa shape index (κ1) is 13.0. The van der Waals surface area contributed by atoms with Crippen LogP contribution in [0.25, 0.3) is 0 Å². The minimum atomic E-state index is -4.77. The number of hydrogen-bond donors (Lipinski definition) is 3. The molecule has 2 aliphatic heterocycles. The molecule has 2 bridgehead atoms. The van der Waals surface area contributed by atoms with E-state index in [9.17, 15) is 18.0 Å². The number of nitrogens with zero attached hydrogens (tertiary/aromatic N) is 2. The Morgan fingerprint density at radius 2 is 2.17 bits per heavy atom. The normalized spacial score (nSPS) is 27.6. The van der Waals surface area contributed by atoms with Gasteiger partial charge in [0.05, 0.1) is 6.04 Å². The van der Waals surface area contributed by atoms with Gasteiger partial charge in [-0.2, -0.15) is 13.5 Å². The van der Waals surface area contributed by atoms with E-state index in [2.05, 4.69) is 4.28 Å². The molecule has 10 nitrogen and oxygen atoms in total.